The summed E-state index contributed by atoms with van der Waals surface area (Å²) in [5.41, 5.74) is 0. The number of aliphatic hydroxyl groups excluding tert-OH is 1. The second kappa shape index (κ2) is 63.5. The number of esters is 4. The van der Waals surface area contributed by atoms with Gasteiger partial charge in [0, 0.05) is 25.7 Å². The van der Waals surface area contributed by atoms with Gasteiger partial charge in [0.1, 0.15) is 19.3 Å². The fourth-order valence-electron chi connectivity index (χ4n) is 11.2. The predicted octanol–water partition coefficient (Wildman–Crippen LogP) is 21.3. The summed E-state index contributed by atoms with van der Waals surface area (Å²) in [6.07, 6.45) is 47.4. The summed E-state index contributed by atoms with van der Waals surface area (Å²) in [7, 11) is -9.91. The summed E-state index contributed by atoms with van der Waals surface area (Å²) in [4.78, 5) is 72.7. The van der Waals surface area contributed by atoms with Gasteiger partial charge in [0.2, 0.25) is 0 Å². The molecule has 0 amide bonds. The number of carbonyl (C=O) groups is 4. The van der Waals surface area contributed by atoms with Crippen LogP contribution in [0.4, 0.5) is 0 Å². The number of phosphoric ester groups is 2. The lowest BCUT2D eigenvalue weighted by Gasteiger charge is -2.21. The van der Waals surface area contributed by atoms with Crippen molar-refractivity contribution in [1.82, 2.24) is 0 Å². The van der Waals surface area contributed by atoms with Crippen molar-refractivity contribution in [3.63, 3.8) is 0 Å². The minimum Gasteiger partial charge on any atom is -0.462 e. The van der Waals surface area contributed by atoms with Crippen molar-refractivity contribution >= 4 is 39.5 Å². The zero-order valence-corrected chi connectivity index (χ0v) is 62.7. The Morgan fingerprint density at radius 3 is 0.667 bits per heavy atom. The molecule has 0 aliphatic carbocycles. The highest BCUT2D eigenvalue weighted by atomic mass is 31.2. The van der Waals surface area contributed by atoms with E-state index in [0.29, 0.717) is 31.6 Å². The van der Waals surface area contributed by atoms with Crippen LogP contribution in [0.15, 0.2) is 0 Å². The second-order valence-electron chi connectivity index (χ2n) is 28.6. The van der Waals surface area contributed by atoms with E-state index in [0.717, 1.165) is 114 Å². The number of aliphatic hydroxyl groups is 1. The molecule has 552 valence electrons. The van der Waals surface area contributed by atoms with Crippen molar-refractivity contribution in [2.24, 2.45) is 23.7 Å². The number of rotatable bonds is 71. The zero-order chi connectivity index (χ0) is 68.9. The lowest BCUT2D eigenvalue weighted by molar-refractivity contribution is -0.161. The molecule has 0 heterocycles. The Bertz CT molecular complexity index is 1830. The topological polar surface area (TPSA) is 237 Å². The van der Waals surface area contributed by atoms with Crippen LogP contribution in [0, 0.1) is 23.7 Å². The van der Waals surface area contributed by atoms with Crippen LogP contribution in [-0.4, -0.2) is 96.7 Å². The maximum absolute atomic E-state index is 13.1. The molecule has 0 aromatic heterocycles. The highest BCUT2D eigenvalue weighted by molar-refractivity contribution is 7.47. The molecule has 0 aromatic rings. The van der Waals surface area contributed by atoms with Crippen molar-refractivity contribution in [1.29, 1.82) is 0 Å². The van der Waals surface area contributed by atoms with Gasteiger partial charge in [0.05, 0.1) is 26.4 Å². The van der Waals surface area contributed by atoms with Crippen LogP contribution in [0.1, 0.15) is 370 Å². The average molecular weight is 1370 g/mol. The molecule has 17 nitrogen and oxygen atoms in total. The number of hydrogen-bond acceptors (Lipinski definition) is 15. The Kier molecular flexibility index (Phi) is 62.2. The van der Waals surface area contributed by atoms with E-state index in [1.54, 1.807) is 0 Å². The first-order valence-corrected chi connectivity index (χ1v) is 41.2. The monoisotopic (exact) mass is 1370 g/mol. The van der Waals surface area contributed by atoms with Crippen LogP contribution in [0.25, 0.3) is 0 Å². The quantitative estimate of drug-likeness (QED) is 0.0222. The molecule has 0 aliphatic heterocycles. The van der Waals surface area contributed by atoms with Crippen LogP contribution in [0.5, 0.6) is 0 Å². The fourth-order valence-corrected chi connectivity index (χ4v) is 12.8. The van der Waals surface area contributed by atoms with Gasteiger partial charge in [-0.15, -0.1) is 0 Å². The van der Waals surface area contributed by atoms with E-state index in [1.165, 1.54) is 167 Å². The molecule has 0 bridgehead atoms. The van der Waals surface area contributed by atoms with Crippen molar-refractivity contribution in [2.75, 3.05) is 39.6 Å². The molecule has 3 N–H and O–H groups in total. The minimum atomic E-state index is -4.96. The largest absolute Gasteiger partial charge is 0.472 e. The molecule has 2 unspecified atom stereocenters. The zero-order valence-electron chi connectivity index (χ0n) is 60.9. The Morgan fingerprint density at radius 1 is 0.269 bits per heavy atom. The van der Waals surface area contributed by atoms with Crippen molar-refractivity contribution in [2.45, 2.75) is 388 Å². The number of phosphoric acid groups is 2. The number of unbranched alkanes of at least 4 members (excludes halogenated alkanes) is 37. The summed E-state index contributed by atoms with van der Waals surface area (Å²) in [5.74, 6) is 0.866. The van der Waals surface area contributed by atoms with E-state index >= 15 is 0 Å². The first-order valence-electron chi connectivity index (χ1n) is 38.2. The second-order valence-corrected chi connectivity index (χ2v) is 31.5. The van der Waals surface area contributed by atoms with E-state index in [4.69, 9.17) is 37.0 Å². The van der Waals surface area contributed by atoms with E-state index in [-0.39, 0.29) is 25.7 Å². The number of carbonyl (C=O) groups excluding carboxylic acids is 4. The van der Waals surface area contributed by atoms with Crippen molar-refractivity contribution < 1.29 is 80.2 Å². The van der Waals surface area contributed by atoms with Gasteiger partial charge in [0.25, 0.3) is 0 Å². The third-order valence-corrected chi connectivity index (χ3v) is 19.0. The van der Waals surface area contributed by atoms with Gasteiger partial charge in [-0.25, -0.2) is 9.13 Å². The predicted molar refractivity (Wildman–Crippen MR) is 377 cm³/mol. The van der Waals surface area contributed by atoms with Crippen molar-refractivity contribution in [3.8, 4) is 0 Å². The first-order chi connectivity index (χ1) is 44.6. The SMILES string of the molecule is CC(C)CCCCCCCCCCCCCCCCCC(=O)O[C@H](COC(=O)CCCCCCCCCCCC(C)C)COP(=O)(O)OC[C@@H](O)COP(=O)(O)OC[C@@H](COC(=O)CCCCCCCCC(C)C)OC(=O)CCCCCCCCCCCCCC(C)C. The summed E-state index contributed by atoms with van der Waals surface area (Å²) in [5, 5.41) is 10.6. The molecule has 0 saturated heterocycles. The highest BCUT2D eigenvalue weighted by Gasteiger charge is 2.30. The summed E-state index contributed by atoms with van der Waals surface area (Å²) in [6.45, 7) is 14.1. The maximum atomic E-state index is 13.1. The van der Waals surface area contributed by atoms with Crippen LogP contribution in [-0.2, 0) is 65.4 Å². The molecule has 0 spiro atoms. The van der Waals surface area contributed by atoms with E-state index in [9.17, 15) is 43.2 Å². The maximum Gasteiger partial charge on any atom is 0.472 e. The molecule has 19 heteroatoms. The van der Waals surface area contributed by atoms with Crippen LogP contribution in [0.3, 0.4) is 0 Å². The van der Waals surface area contributed by atoms with Gasteiger partial charge in [-0.2, -0.15) is 0 Å². The smallest absolute Gasteiger partial charge is 0.462 e. The molecular weight excluding hydrogens is 1220 g/mol. The molecule has 5 atom stereocenters. The van der Waals surface area contributed by atoms with Gasteiger partial charge in [-0.05, 0) is 49.4 Å². The molecule has 0 fully saturated rings. The Morgan fingerprint density at radius 2 is 0.452 bits per heavy atom. The Balaban J connectivity index is 5.23. The van der Waals surface area contributed by atoms with E-state index < -0.39 is 97.5 Å². The number of hydrogen-bond donors (Lipinski definition) is 3. The first kappa shape index (κ1) is 91.1. The fraction of sp³-hybridized carbons (Fsp3) is 0.946. The molecule has 0 radical (unpaired) electrons. The van der Waals surface area contributed by atoms with Gasteiger partial charge >= 0.3 is 39.5 Å². The average Bonchev–Trinajstić information content (AvgIpc) is 1.95. The molecule has 0 aliphatic rings. The lowest BCUT2D eigenvalue weighted by Crippen LogP contribution is -2.30. The van der Waals surface area contributed by atoms with E-state index in [2.05, 4.69) is 55.4 Å². The Hall–Kier alpha value is -1.94. The Labute approximate surface area is 568 Å². The van der Waals surface area contributed by atoms with Gasteiger partial charge < -0.3 is 33.8 Å². The summed E-state index contributed by atoms with van der Waals surface area (Å²) in [6, 6.07) is 0. The summed E-state index contributed by atoms with van der Waals surface area (Å²) >= 11 is 0. The van der Waals surface area contributed by atoms with Crippen LogP contribution >= 0.6 is 15.6 Å². The molecule has 93 heavy (non-hydrogen) atoms. The van der Waals surface area contributed by atoms with Gasteiger partial charge in [0.15, 0.2) is 12.2 Å². The summed E-state index contributed by atoms with van der Waals surface area (Å²) < 4.78 is 68.4. The standard InChI is InChI=1S/C74H144O17P2/c1-64(2)50-42-34-26-20-15-12-10-9-11-13-17-23-30-40-48-56-73(78)90-69(60-84-71(76)54-46-38-29-25-19-22-28-36-44-52-66(5)6)62-88-92(80,81)86-58-68(75)59-87-93(82,83)89-63-70(61-85-72(77)55-47-39-33-32-37-45-53-67(7)8)91-74(79)57-49-41-31-24-18-14-16-21-27-35-43-51-65(3)4/h64-70,75H,9-63H2,1-8H3,(H,80,81)(H,82,83)/t68-,69-,70-/m1/s1. The molecular formula is C74H144O17P2. The lowest BCUT2D eigenvalue weighted by atomic mass is 10.0. The van der Waals surface area contributed by atoms with Crippen molar-refractivity contribution in [3.05, 3.63) is 0 Å². The third-order valence-electron chi connectivity index (χ3n) is 17.1. The highest BCUT2D eigenvalue weighted by Crippen LogP contribution is 2.45. The van der Waals surface area contributed by atoms with E-state index in [1.807, 2.05) is 0 Å². The van der Waals surface area contributed by atoms with Gasteiger partial charge in [-0.3, -0.25) is 37.3 Å². The van der Waals surface area contributed by atoms with Crippen LogP contribution in [0.2, 0.25) is 0 Å². The van der Waals surface area contributed by atoms with Crippen LogP contribution < -0.4 is 0 Å². The molecule has 0 aromatic carbocycles. The minimum absolute atomic E-state index is 0.105. The third kappa shape index (κ3) is 68.4. The van der Waals surface area contributed by atoms with Gasteiger partial charge in [-0.1, -0.05) is 319 Å². The number of ether oxygens (including phenoxy) is 4. The molecule has 0 rings (SSSR count). The molecule has 0 saturated carbocycles. The normalized spacial score (nSPS) is 14.2.